The highest BCUT2D eigenvalue weighted by molar-refractivity contribution is 6.33. The van der Waals surface area contributed by atoms with Crippen LogP contribution in [0.3, 0.4) is 0 Å². The molecule has 0 atom stereocenters. The van der Waals surface area contributed by atoms with E-state index in [9.17, 15) is 4.39 Å². The van der Waals surface area contributed by atoms with E-state index in [2.05, 4.69) is 15.3 Å². The molecule has 3 nitrogen and oxygen atoms in total. The molecular formula is C13H13ClFN3. The SMILES string of the molecule is CCNCc1cnc(-c2ccc(F)cc2Cl)nc1. The maximum atomic E-state index is 12.9. The molecule has 0 bridgehead atoms. The van der Waals surface area contributed by atoms with Crippen molar-refractivity contribution in [3.05, 3.63) is 47.0 Å². The predicted molar refractivity (Wildman–Crippen MR) is 69.8 cm³/mol. The summed E-state index contributed by atoms with van der Waals surface area (Å²) >= 11 is 5.96. The van der Waals surface area contributed by atoms with Crippen molar-refractivity contribution in [1.29, 1.82) is 0 Å². The van der Waals surface area contributed by atoms with Crippen LogP contribution in [0.25, 0.3) is 11.4 Å². The van der Waals surface area contributed by atoms with Gasteiger partial charge in [-0.15, -0.1) is 0 Å². The maximum Gasteiger partial charge on any atom is 0.160 e. The Morgan fingerprint density at radius 3 is 2.61 bits per heavy atom. The van der Waals surface area contributed by atoms with E-state index in [1.165, 1.54) is 12.1 Å². The van der Waals surface area contributed by atoms with Crippen molar-refractivity contribution in [3.63, 3.8) is 0 Å². The average Bonchev–Trinajstić information content (AvgIpc) is 2.37. The lowest BCUT2D eigenvalue weighted by Crippen LogP contribution is -2.12. The lowest BCUT2D eigenvalue weighted by Gasteiger charge is -2.05. The Bertz CT molecular complexity index is 528. The lowest BCUT2D eigenvalue weighted by molar-refractivity contribution is 0.628. The number of halogens is 2. The molecule has 0 amide bonds. The van der Waals surface area contributed by atoms with Crippen LogP contribution < -0.4 is 5.32 Å². The zero-order valence-electron chi connectivity index (χ0n) is 9.95. The predicted octanol–water partition coefficient (Wildman–Crippen LogP) is 3.05. The first-order valence-corrected chi connectivity index (χ1v) is 6.05. The summed E-state index contributed by atoms with van der Waals surface area (Å²) in [6.45, 7) is 3.66. The van der Waals surface area contributed by atoms with Crippen LogP contribution in [0.2, 0.25) is 5.02 Å². The van der Waals surface area contributed by atoms with Crippen molar-refractivity contribution >= 4 is 11.6 Å². The smallest absolute Gasteiger partial charge is 0.160 e. The molecule has 0 fully saturated rings. The van der Waals surface area contributed by atoms with Gasteiger partial charge in [-0.25, -0.2) is 14.4 Å². The van der Waals surface area contributed by atoms with Gasteiger partial charge < -0.3 is 5.32 Å². The second kappa shape index (κ2) is 5.89. The lowest BCUT2D eigenvalue weighted by atomic mass is 10.2. The van der Waals surface area contributed by atoms with E-state index in [4.69, 9.17) is 11.6 Å². The molecule has 0 saturated heterocycles. The van der Waals surface area contributed by atoms with Crippen molar-refractivity contribution in [2.45, 2.75) is 13.5 Å². The van der Waals surface area contributed by atoms with Crippen molar-refractivity contribution in [3.8, 4) is 11.4 Å². The third-order valence-electron chi connectivity index (χ3n) is 2.46. The first-order chi connectivity index (χ1) is 8.70. The van der Waals surface area contributed by atoms with Gasteiger partial charge in [-0.05, 0) is 24.7 Å². The third kappa shape index (κ3) is 3.03. The van der Waals surface area contributed by atoms with Crippen LogP contribution in [0, 0.1) is 5.82 Å². The topological polar surface area (TPSA) is 37.8 Å². The van der Waals surface area contributed by atoms with Gasteiger partial charge in [0.25, 0.3) is 0 Å². The van der Waals surface area contributed by atoms with Gasteiger partial charge in [0.2, 0.25) is 0 Å². The molecule has 1 aromatic carbocycles. The number of nitrogens with zero attached hydrogens (tertiary/aromatic N) is 2. The standard InChI is InChI=1S/C13H13ClFN3/c1-2-16-6-9-7-17-13(18-8-9)11-4-3-10(15)5-12(11)14/h3-5,7-8,16H,2,6H2,1H3. The zero-order chi connectivity index (χ0) is 13.0. The van der Waals surface area contributed by atoms with Gasteiger partial charge in [0.1, 0.15) is 5.82 Å². The summed E-state index contributed by atoms with van der Waals surface area (Å²) < 4.78 is 12.9. The van der Waals surface area contributed by atoms with Crippen LogP contribution >= 0.6 is 11.6 Å². The van der Waals surface area contributed by atoms with E-state index in [1.54, 1.807) is 18.5 Å². The summed E-state index contributed by atoms with van der Waals surface area (Å²) in [4.78, 5) is 8.47. The van der Waals surface area contributed by atoms with Gasteiger partial charge in [-0.1, -0.05) is 18.5 Å². The summed E-state index contributed by atoms with van der Waals surface area (Å²) in [6.07, 6.45) is 3.48. The molecule has 1 aromatic heterocycles. The molecule has 1 N–H and O–H groups in total. The maximum absolute atomic E-state index is 12.9. The highest BCUT2D eigenvalue weighted by Crippen LogP contribution is 2.25. The fourth-order valence-corrected chi connectivity index (χ4v) is 1.78. The van der Waals surface area contributed by atoms with E-state index in [0.29, 0.717) is 16.4 Å². The number of rotatable bonds is 4. The molecule has 18 heavy (non-hydrogen) atoms. The summed E-state index contributed by atoms with van der Waals surface area (Å²) in [6, 6.07) is 4.18. The van der Waals surface area contributed by atoms with Gasteiger partial charge in [0.15, 0.2) is 5.82 Å². The Labute approximate surface area is 110 Å². The van der Waals surface area contributed by atoms with E-state index in [-0.39, 0.29) is 5.82 Å². The number of benzene rings is 1. The molecule has 5 heteroatoms. The molecular weight excluding hydrogens is 253 g/mol. The average molecular weight is 266 g/mol. The molecule has 0 aliphatic rings. The van der Waals surface area contributed by atoms with E-state index in [0.717, 1.165) is 18.7 Å². The summed E-state index contributed by atoms with van der Waals surface area (Å²) in [5.74, 6) is 0.132. The number of nitrogens with one attached hydrogen (secondary N) is 1. The molecule has 0 saturated carbocycles. The molecule has 0 aliphatic heterocycles. The molecule has 0 spiro atoms. The number of hydrogen-bond acceptors (Lipinski definition) is 3. The Balaban J connectivity index is 2.23. The van der Waals surface area contributed by atoms with Crippen LogP contribution in [-0.2, 0) is 6.54 Å². The van der Waals surface area contributed by atoms with Crippen LogP contribution in [0.5, 0.6) is 0 Å². The molecule has 1 heterocycles. The summed E-state index contributed by atoms with van der Waals surface area (Å²) in [7, 11) is 0. The minimum atomic E-state index is -0.368. The van der Waals surface area contributed by atoms with Crippen molar-refractivity contribution in [2.24, 2.45) is 0 Å². The van der Waals surface area contributed by atoms with E-state index < -0.39 is 0 Å². The van der Waals surface area contributed by atoms with Gasteiger partial charge in [0, 0.05) is 30.1 Å². The number of aromatic nitrogens is 2. The second-order valence-electron chi connectivity index (χ2n) is 3.82. The summed E-state index contributed by atoms with van der Waals surface area (Å²) in [5.41, 5.74) is 1.63. The fraction of sp³-hybridized carbons (Fsp3) is 0.231. The second-order valence-corrected chi connectivity index (χ2v) is 4.23. The van der Waals surface area contributed by atoms with Gasteiger partial charge in [-0.2, -0.15) is 0 Å². The Hall–Kier alpha value is -1.52. The minimum Gasteiger partial charge on any atom is -0.313 e. The molecule has 2 aromatic rings. The van der Waals surface area contributed by atoms with Gasteiger partial charge in [-0.3, -0.25) is 0 Å². The van der Waals surface area contributed by atoms with Crippen molar-refractivity contribution < 1.29 is 4.39 Å². The third-order valence-corrected chi connectivity index (χ3v) is 2.77. The molecule has 94 valence electrons. The fourth-order valence-electron chi connectivity index (χ4n) is 1.53. The van der Waals surface area contributed by atoms with Gasteiger partial charge in [0.05, 0.1) is 5.02 Å². The van der Waals surface area contributed by atoms with E-state index in [1.807, 2.05) is 6.92 Å². The highest BCUT2D eigenvalue weighted by Gasteiger charge is 2.07. The highest BCUT2D eigenvalue weighted by atomic mass is 35.5. The minimum absolute atomic E-state index is 0.314. The molecule has 2 rings (SSSR count). The number of hydrogen-bond donors (Lipinski definition) is 1. The first-order valence-electron chi connectivity index (χ1n) is 5.67. The van der Waals surface area contributed by atoms with Crippen LogP contribution in [0.4, 0.5) is 4.39 Å². The molecule has 0 aliphatic carbocycles. The first kappa shape index (κ1) is 12.9. The van der Waals surface area contributed by atoms with Gasteiger partial charge >= 0.3 is 0 Å². The molecule has 0 radical (unpaired) electrons. The largest absolute Gasteiger partial charge is 0.313 e. The Morgan fingerprint density at radius 1 is 1.28 bits per heavy atom. The van der Waals surface area contributed by atoms with E-state index >= 15 is 0 Å². The van der Waals surface area contributed by atoms with Crippen molar-refractivity contribution in [1.82, 2.24) is 15.3 Å². The zero-order valence-corrected chi connectivity index (χ0v) is 10.7. The molecule has 0 unspecified atom stereocenters. The van der Waals surface area contributed by atoms with Crippen molar-refractivity contribution in [2.75, 3.05) is 6.54 Å². The quantitative estimate of drug-likeness (QED) is 0.923. The van der Waals surface area contributed by atoms with Crippen LogP contribution in [0.15, 0.2) is 30.6 Å². The normalized spacial score (nSPS) is 10.6. The van der Waals surface area contributed by atoms with Crippen LogP contribution in [0.1, 0.15) is 12.5 Å². The Morgan fingerprint density at radius 2 is 2.00 bits per heavy atom. The summed E-state index contributed by atoms with van der Waals surface area (Å²) in [5, 5.41) is 3.50. The van der Waals surface area contributed by atoms with Crippen LogP contribution in [-0.4, -0.2) is 16.5 Å². The Kier molecular flexibility index (Phi) is 4.23. The monoisotopic (exact) mass is 265 g/mol.